The standard InChI is InChI=1S/C14H19NO/c1-11(2)15-13(8-9-14(15)16)10-12-6-4-3-5-7-12/h3-7,11,13H,8-10H2,1-2H3. The van der Waals surface area contributed by atoms with Gasteiger partial charge >= 0.3 is 0 Å². The zero-order chi connectivity index (χ0) is 11.5. The van der Waals surface area contributed by atoms with Crippen LogP contribution in [-0.4, -0.2) is 22.9 Å². The lowest BCUT2D eigenvalue weighted by molar-refractivity contribution is -0.130. The first-order valence-electron chi connectivity index (χ1n) is 6.03. The Labute approximate surface area is 97.3 Å². The van der Waals surface area contributed by atoms with Gasteiger partial charge in [0, 0.05) is 18.5 Å². The van der Waals surface area contributed by atoms with E-state index in [2.05, 4.69) is 38.1 Å². The number of hydrogen-bond acceptors (Lipinski definition) is 1. The maximum Gasteiger partial charge on any atom is 0.223 e. The summed E-state index contributed by atoms with van der Waals surface area (Å²) in [6.45, 7) is 4.20. The highest BCUT2D eigenvalue weighted by Crippen LogP contribution is 2.24. The molecule has 2 heteroatoms. The molecule has 0 saturated carbocycles. The van der Waals surface area contributed by atoms with Gasteiger partial charge in [0.1, 0.15) is 0 Å². The smallest absolute Gasteiger partial charge is 0.223 e. The molecule has 1 aliphatic heterocycles. The normalized spacial score (nSPS) is 20.8. The second-order valence-corrected chi connectivity index (χ2v) is 4.78. The van der Waals surface area contributed by atoms with E-state index in [4.69, 9.17) is 0 Å². The summed E-state index contributed by atoms with van der Waals surface area (Å²) in [7, 11) is 0. The van der Waals surface area contributed by atoms with Crippen molar-refractivity contribution in [2.45, 2.75) is 45.2 Å². The summed E-state index contributed by atoms with van der Waals surface area (Å²) in [5.74, 6) is 0.316. The van der Waals surface area contributed by atoms with Crippen LogP contribution in [-0.2, 0) is 11.2 Å². The number of hydrogen-bond donors (Lipinski definition) is 0. The summed E-state index contributed by atoms with van der Waals surface area (Å²) in [6, 6.07) is 11.2. The molecule has 0 aliphatic carbocycles. The Bertz CT molecular complexity index is 358. The molecule has 0 spiro atoms. The Hall–Kier alpha value is -1.31. The lowest BCUT2D eigenvalue weighted by Gasteiger charge is -2.28. The van der Waals surface area contributed by atoms with Crippen molar-refractivity contribution in [2.24, 2.45) is 0 Å². The zero-order valence-electron chi connectivity index (χ0n) is 10.0. The van der Waals surface area contributed by atoms with Crippen molar-refractivity contribution in [3.63, 3.8) is 0 Å². The topological polar surface area (TPSA) is 20.3 Å². The molecule has 1 saturated heterocycles. The Morgan fingerprint density at radius 2 is 2.00 bits per heavy atom. The summed E-state index contributed by atoms with van der Waals surface area (Å²) in [5, 5.41) is 0. The second-order valence-electron chi connectivity index (χ2n) is 4.78. The van der Waals surface area contributed by atoms with Gasteiger partial charge in [0.2, 0.25) is 5.91 Å². The molecule has 1 amide bonds. The third kappa shape index (κ3) is 2.26. The van der Waals surface area contributed by atoms with Crippen LogP contribution in [0.4, 0.5) is 0 Å². The van der Waals surface area contributed by atoms with E-state index in [0.29, 0.717) is 18.0 Å². The highest BCUT2D eigenvalue weighted by atomic mass is 16.2. The molecule has 16 heavy (non-hydrogen) atoms. The van der Waals surface area contributed by atoms with Crippen LogP contribution >= 0.6 is 0 Å². The number of nitrogens with zero attached hydrogens (tertiary/aromatic N) is 1. The lowest BCUT2D eigenvalue weighted by Crippen LogP contribution is -2.39. The molecule has 1 aromatic carbocycles. The fourth-order valence-electron chi connectivity index (χ4n) is 2.56. The molecule has 0 aromatic heterocycles. The van der Waals surface area contributed by atoms with Crippen molar-refractivity contribution in [2.75, 3.05) is 0 Å². The predicted molar refractivity (Wildman–Crippen MR) is 65.2 cm³/mol. The molecule has 1 unspecified atom stereocenters. The van der Waals surface area contributed by atoms with Gasteiger partial charge in [0.05, 0.1) is 0 Å². The van der Waals surface area contributed by atoms with Gasteiger partial charge in [-0.3, -0.25) is 4.79 Å². The maximum absolute atomic E-state index is 11.7. The largest absolute Gasteiger partial charge is 0.337 e. The number of carbonyl (C=O) groups excluding carboxylic acids is 1. The maximum atomic E-state index is 11.7. The molecule has 2 rings (SSSR count). The SMILES string of the molecule is CC(C)N1C(=O)CCC1Cc1ccccc1. The number of rotatable bonds is 3. The van der Waals surface area contributed by atoms with Crippen molar-refractivity contribution in [1.82, 2.24) is 4.90 Å². The van der Waals surface area contributed by atoms with Crippen LogP contribution in [0.5, 0.6) is 0 Å². The van der Waals surface area contributed by atoms with Crippen LogP contribution in [0.25, 0.3) is 0 Å². The van der Waals surface area contributed by atoms with Crippen LogP contribution in [0.3, 0.4) is 0 Å². The predicted octanol–water partition coefficient (Wildman–Crippen LogP) is 2.63. The zero-order valence-corrected chi connectivity index (χ0v) is 10.0. The van der Waals surface area contributed by atoms with E-state index in [-0.39, 0.29) is 0 Å². The fourth-order valence-corrected chi connectivity index (χ4v) is 2.56. The number of amides is 1. The van der Waals surface area contributed by atoms with Gasteiger partial charge in [-0.25, -0.2) is 0 Å². The van der Waals surface area contributed by atoms with Crippen LogP contribution < -0.4 is 0 Å². The molecule has 0 bridgehead atoms. The van der Waals surface area contributed by atoms with Gasteiger partial charge in [0.25, 0.3) is 0 Å². The van der Waals surface area contributed by atoms with Crippen molar-refractivity contribution >= 4 is 5.91 Å². The van der Waals surface area contributed by atoms with Gasteiger partial charge < -0.3 is 4.90 Å². The first kappa shape index (κ1) is 11.2. The van der Waals surface area contributed by atoms with E-state index in [1.807, 2.05) is 11.0 Å². The Kier molecular flexibility index (Phi) is 3.28. The Morgan fingerprint density at radius 3 is 2.62 bits per heavy atom. The molecule has 0 radical (unpaired) electrons. The molecule has 1 aromatic rings. The van der Waals surface area contributed by atoms with E-state index in [1.165, 1.54) is 5.56 Å². The van der Waals surface area contributed by atoms with Crippen molar-refractivity contribution < 1.29 is 4.79 Å². The van der Waals surface area contributed by atoms with Crippen LogP contribution in [0.1, 0.15) is 32.3 Å². The van der Waals surface area contributed by atoms with Gasteiger partial charge in [-0.05, 0) is 32.3 Å². The summed E-state index contributed by atoms with van der Waals surface area (Å²) in [6.07, 6.45) is 2.71. The molecular weight excluding hydrogens is 198 g/mol. The molecule has 1 heterocycles. The Morgan fingerprint density at radius 1 is 1.31 bits per heavy atom. The van der Waals surface area contributed by atoms with E-state index in [9.17, 15) is 4.79 Å². The second kappa shape index (κ2) is 4.69. The van der Waals surface area contributed by atoms with Crippen molar-refractivity contribution in [1.29, 1.82) is 0 Å². The highest BCUT2D eigenvalue weighted by Gasteiger charge is 2.32. The molecule has 0 N–H and O–H groups in total. The van der Waals surface area contributed by atoms with Gasteiger partial charge in [0.15, 0.2) is 0 Å². The molecular formula is C14H19NO. The summed E-state index contributed by atoms with van der Waals surface area (Å²) >= 11 is 0. The van der Waals surface area contributed by atoms with Gasteiger partial charge in [-0.15, -0.1) is 0 Å². The quantitative estimate of drug-likeness (QED) is 0.762. The fraction of sp³-hybridized carbons (Fsp3) is 0.500. The van der Waals surface area contributed by atoms with Crippen molar-refractivity contribution in [3.05, 3.63) is 35.9 Å². The first-order chi connectivity index (χ1) is 7.68. The van der Waals surface area contributed by atoms with Crippen LogP contribution in [0.15, 0.2) is 30.3 Å². The number of benzene rings is 1. The molecule has 1 fully saturated rings. The summed E-state index contributed by atoms with van der Waals surface area (Å²) in [4.78, 5) is 13.8. The van der Waals surface area contributed by atoms with Crippen LogP contribution in [0, 0.1) is 0 Å². The third-order valence-electron chi connectivity index (χ3n) is 3.24. The third-order valence-corrected chi connectivity index (χ3v) is 3.24. The van der Waals surface area contributed by atoms with Gasteiger partial charge in [-0.1, -0.05) is 30.3 Å². The lowest BCUT2D eigenvalue weighted by atomic mass is 10.0. The minimum absolute atomic E-state index is 0.316. The highest BCUT2D eigenvalue weighted by molar-refractivity contribution is 5.79. The number of carbonyl (C=O) groups is 1. The molecule has 86 valence electrons. The molecule has 1 atom stereocenters. The van der Waals surface area contributed by atoms with E-state index in [1.54, 1.807) is 0 Å². The summed E-state index contributed by atoms with van der Waals surface area (Å²) in [5.41, 5.74) is 1.33. The average Bonchev–Trinajstić information content (AvgIpc) is 2.61. The van der Waals surface area contributed by atoms with Gasteiger partial charge in [-0.2, -0.15) is 0 Å². The monoisotopic (exact) mass is 217 g/mol. The molecule has 2 nitrogen and oxygen atoms in total. The van der Waals surface area contributed by atoms with Crippen molar-refractivity contribution in [3.8, 4) is 0 Å². The Balaban J connectivity index is 2.07. The minimum atomic E-state index is 0.316. The van der Waals surface area contributed by atoms with E-state index >= 15 is 0 Å². The summed E-state index contributed by atoms with van der Waals surface area (Å²) < 4.78 is 0. The van der Waals surface area contributed by atoms with Crippen LogP contribution in [0.2, 0.25) is 0 Å². The minimum Gasteiger partial charge on any atom is -0.337 e. The van der Waals surface area contributed by atoms with E-state index in [0.717, 1.165) is 19.3 Å². The van der Waals surface area contributed by atoms with E-state index < -0.39 is 0 Å². The average molecular weight is 217 g/mol. The first-order valence-corrected chi connectivity index (χ1v) is 6.03. The number of likely N-dealkylation sites (tertiary alicyclic amines) is 1. The molecule has 1 aliphatic rings.